The number of aliphatic hydroxyl groups excluding tert-OH is 1. The summed E-state index contributed by atoms with van der Waals surface area (Å²) >= 11 is 5.89. The number of halogens is 1. The highest BCUT2D eigenvalue weighted by Gasteiger charge is 2.24. The van der Waals surface area contributed by atoms with Crippen molar-refractivity contribution >= 4 is 11.6 Å². The molecule has 2 atom stereocenters. The van der Waals surface area contributed by atoms with E-state index in [0.29, 0.717) is 31.6 Å². The van der Waals surface area contributed by atoms with E-state index in [2.05, 4.69) is 68.2 Å². The van der Waals surface area contributed by atoms with Crippen LogP contribution in [0.3, 0.4) is 0 Å². The number of aliphatic hydroxyl groups is 1. The third-order valence-electron chi connectivity index (χ3n) is 6.38. The molecule has 0 saturated carbocycles. The molecule has 2 N–H and O–H groups in total. The Bertz CT molecular complexity index is 866. The van der Waals surface area contributed by atoms with Crippen LogP contribution in [0.15, 0.2) is 42.5 Å². The first-order valence-electron chi connectivity index (χ1n) is 11.9. The first-order valence-corrected chi connectivity index (χ1v) is 12.5. The molecule has 33 heavy (non-hydrogen) atoms. The van der Waals surface area contributed by atoms with Crippen molar-refractivity contribution in [3.05, 3.63) is 59.2 Å². The average Bonchev–Trinajstić information content (AvgIpc) is 2.82. The highest BCUT2D eigenvalue weighted by molar-refractivity contribution is 6.18. The van der Waals surface area contributed by atoms with Crippen LogP contribution in [0.4, 0.5) is 0 Å². The summed E-state index contributed by atoms with van der Waals surface area (Å²) in [5, 5.41) is 13.6. The van der Waals surface area contributed by atoms with E-state index >= 15 is 0 Å². The molecule has 1 heterocycles. The van der Waals surface area contributed by atoms with E-state index in [1.165, 1.54) is 11.1 Å². The van der Waals surface area contributed by atoms with Crippen LogP contribution in [0.2, 0.25) is 0 Å². The fourth-order valence-electron chi connectivity index (χ4n) is 4.05. The Morgan fingerprint density at radius 2 is 1.70 bits per heavy atom. The second-order valence-electron chi connectivity index (χ2n) is 9.72. The van der Waals surface area contributed by atoms with Gasteiger partial charge < -0.3 is 19.9 Å². The van der Waals surface area contributed by atoms with Gasteiger partial charge in [0.05, 0.1) is 6.61 Å². The van der Waals surface area contributed by atoms with Crippen molar-refractivity contribution in [1.29, 1.82) is 0 Å². The smallest absolute Gasteiger partial charge is 0.122 e. The number of alkyl halides is 1. The summed E-state index contributed by atoms with van der Waals surface area (Å²) < 4.78 is 11.8. The molecule has 5 nitrogen and oxygen atoms in total. The molecule has 0 aromatic heterocycles. The minimum atomic E-state index is -0.490. The Balaban J connectivity index is 1.57. The summed E-state index contributed by atoms with van der Waals surface area (Å²) in [6.07, 6.45) is -0.490. The van der Waals surface area contributed by atoms with Crippen LogP contribution in [0.5, 0.6) is 11.5 Å². The summed E-state index contributed by atoms with van der Waals surface area (Å²) in [5.74, 6) is 2.61. The Hall–Kier alpha value is -1.79. The molecule has 0 bridgehead atoms. The normalized spacial score (nSPS) is 16.9. The zero-order valence-electron chi connectivity index (χ0n) is 20.4. The van der Waals surface area contributed by atoms with E-state index < -0.39 is 6.10 Å². The molecular weight excluding hydrogens is 436 g/mol. The molecule has 2 aromatic carbocycles. The highest BCUT2D eigenvalue weighted by Crippen LogP contribution is 2.34. The topological polar surface area (TPSA) is 54.0 Å². The third-order valence-corrected chi connectivity index (χ3v) is 6.91. The van der Waals surface area contributed by atoms with Gasteiger partial charge in [-0.25, -0.2) is 0 Å². The highest BCUT2D eigenvalue weighted by atomic mass is 35.5. The lowest BCUT2D eigenvalue weighted by molar-refractivity contribution is 0.0641. The fraction of sp³-hybridized carbons (Fsp3) is 0.556. The van der Waals surface area contributed by atoms with E-state index in [1.54, 1.807) is 0 Å². The number of hydrogen-bond acceptors (Lipinski definition) is 5. The van der Waals surface area contributed by atoms with Gasteiger partial charge >= 0.3 is 0 Å². The van der Waals surface area contributed by atoms with Crippen molar-refractivity contribution in [2.75, 3.05) is 51.8 Å². The summed E-state index contributed by atoms with van der Waals surface area (Å²) in [6, 6.07) is 14.6. The molecule has 0 amide bonds. The van der Waals surface area contributed by atoms with Crippen LogP contribution in [-0.4, -0.2) is 67.9 Å². The van der Waals surface area contributed by atoms with Gasteiger partial charge in [-0.05, 0) is 41.8 Å². The van der Waals surface area contributed by atoms with Crippen LogP contribution in [-0.2, 0) is 5.41 Å². The van der Waals surface area contributed by atoms with Crippen LogP contribution in [0.1, 0.15) is 37.5 Å². The predicted octanol–water partition coefficient (Wildman–Crippen LogP) is 4.22. The van der Waals surface area contributed by atoms with Gasteiger partial charge in [0.1, 0.15) is 24.2 Å². The number of hydrogen-bond donors (Lipinski definition) is 2. The molecule has 1 fully saturated rings. The Morgan fingerprint density at radius 1 is 1.03 bits per heavy atom. The van der Waals surface area contributed by atoms with Crippen LogP contribution < -0.4 is 14.8 Å². The minimum Gasteiger partial charge on any atom is -0.493 e. The van der Waals surface area contributed by atoms with Gasteiger partial charge in [0.15, 0.2) is 0 Å². The maximum absolute atomic E-state index is 10.3. The van der Waals surface area contributed by atoms with Gasteiger partial charge in [-0.1, -0.05) is 45.0 Å². The van der Waals surface area contributed by atoms with Gasteiger partial charge in [0.2, 0.25) is 0 Å². The number of nitrogens with one attached hydrogen (secondary N) is 1. The second kappa shape index (κ2) is 12.1. The van der Waals surface area contributed by atoms with Crippen molar-refractivity contribution in [2.45, 2.75) is 39.2 Å². The molecular formula is C27H39ClN2O3. The van der Waals surface area contributed by atoms with Crippen LogP contribution in [0, 0.1) is 12.8 Å². The Labute approximate surface area is 204 Å². The first kappa shape index (κ1) is 25.8. The van der Waals surface area contributed by atoms with E-state index in [4.69, 9.17) is 21.1 Å². The molecule has 0 spiro atoms. The lowest BCUT2D eigenvalue weighted by atomic mass is 9.77. The van der Waals surface area contributed by atoms with Crippen molar-refractivity contribution in [2.24, 2.45) is 5.92 Å². The number of rotatable bonds is 11. The van der Waals surface area contributed by atoms with Gasteiger partial charge in [0.25, 0.3) is 0 Å². The van der Waals surface area contributed by atoms with Crippen LogP contribution in [0.25, 0.3) is 0 Å². The summed E-state index contributed by atoms with van der Waals surface area (Å²) in [6.45, 7) is 14.1. The SMILES string of the molecule is Cc1cc(C(C)(C)c2ccc(OCC(O)CN3CCNCC3)cc2)ccc1OCC(C)CCl. The molecule has 1 saturated heterocycles. The van der Waals surface area contributed by atoms with Gasteiger partial charge in [0, 0.05) is 49.9 Å². The standard InChI is InChI=1S/C27H39ClN2O3/c1-20(16-28)18-33-26-10-7-23(15-21(26)2)27(3,4)22-5-8-25(9-6-22)32-19-24(31)17-30-13-11-29-12-14-30/h5-10,15,20,24,29,31H,11-14,16-19H2,1-4H3. The number of ether oxygens (including phenoxy) is 2. The molecule has 3 rings (SSSR count). The van der Waals surface area contributed by atoms with E-state index in [1.807, 2.05) is 12.1 Å². The predicted molar refractivity (Wildman–Crippen MR) is 136 cm³/mol. The molecule has 0 radical (unpaired) electrons. The van der Waals surface area contributed by atoms with E-state index in [-0.39, 0.29) is 5.41 Å². The molecule has 2 unspecified atom stereocenters. The number of aryl methyl sites for hydroxylation is 1. The van der Waals surface area contributed by atoms with E-state index in [9.17, 15) is 5.11 Å². The number of nitrogens with zero attached hydrogens (tertiary/aromatic N) is 1. The quantitative estimate of drug-likeness (QED) is 0.477. The van der Waals surface area contributed by atoms with Crippen molar-refractivity contribution in [1.82, 2.24) is 10.2 Å². The molecule has 1 aliphatic rings. The molecule has 182 valence electrons. The lowest BCUT2D eigenvalue weighted by Gasteiger charge is -2.29. The summed E-state index contributed by atoms with van der Waals surface area (Å²) in [4.78, 5) is 2.27. The molecule has 1 aliphatic heterocycles. The number of piperazine rings is 1. The summed E-state index contributed by atoms with van der Waals surface area (Å²) in [5.41, 5.74) is 3.41. The van der Waals surface area contributed by atoms with Crippen molar-refractivity contribution in [3.63, 3.8) is 0 Å². The van der Waals surface area contributed by atoms with Gasteiger partial charge in [-0.15, -0.1) is 11.6 Å². The second-order valence-corrected chi connectivity index (χ2v) is 10.0. The zero-order valence-corrected chi connectivity index (χ0v) is 21.2. The monoisotopic (exact) mass is 474 g/mol. The number of benzene rings is 2. The minimum absolute atomic E-state index is 0.160. The third kappa shape index (κ3) is 7.35. The van der Waals surface area contributed by atoms with Crippen molar-refractivity contribution < 1.29 is 14.6 Å². The number of β-amino-alcohol motifs (C(OH)–C–C–N with tert-alkyl or cyclic N) is 1. The summed E-state index contributed by atoms with van der Waals surface area (Å²) in [7, 11) is 0. The lowest BCUT2D eigenvalue weighted by Crippen LogP contribution is -2.47. The van der Waals surface area contributed by atoms with Gasteiger partial charge in [-0.2, -0.15) is 0 Å². The maximum atomic E-state index is 10.3. The van der Waals surface area contributed by atoms with E-state index in [0.717, 1.165) is 43.2 Å². The fourth-order valence-corrected chi connectivity index (χ4v) is 4.14. The van der Waals surface area contributed by atoms with Gasteiger partial charge in [-0.3, -0.25) is 4.90 Å². The largest absolute Gasteiger partial charge is 0.493 e. The Kier molecular flexibility index (Phi) is 9.45. The van der Waals surface area contributed by atoms with Crippen LogP contribution >= 0.6 is 11.6 Å². The molecule has 0 aliphatic carbocycles. The maximum Gasteiger partial charge on any atom is 0.122 e. The molecule has 2 aromatic rings. The zero-order chi connectivity index (χ0) is 23.8. The molecule has 6 heteroatoms. The first-order chi connectivity index (χ1) is 15.8. The average molecular weight is 475 g/mol. The van der Waals surface area contributed by atoms with Crippen molar-refractivity contribution in [3.8, 4) is 11.5 Å². The Morgan fingerprint density at radius 3 is 2.33 bits per heavy atom.